The molecule has 1 saturated carbocycles. The number of hydrogen-bond acceptors (Lipinski definition) is 9. The van der Waals surface area contributed by atoms with Crippen LogP contribution in [0.25, 0.3) is 22.3 Å². The highest BCUT2D eigenvalue weighted by Crippen LogP contribution is 2.40. The average Bonchev–Trinajstić information content (AvgIpc) is 3.35. The lowest BCUT2D eigenvalue weighted by Crippen LogP contribution is -2.36. The van der Waals surface area contributed by atoms with Gasteiger partial charge in [0.1, 0.15) is 29.3 Å². The number of carboxylic acids is 2. The van der Waals surface area contributed by atoms with Gasteiger partial charge >= 0.3 is 11.9 Å². The van der Waals surface area contributed by atoms with E-state index in [4.69, 9.17) is 31.5 Å². The van der Waals surface area contributed by atoms with Crippen molar-refractivity contribution >= 4 is 28.8 Å². The molecule has 0 bridgehead atoms. The number of nitrogen functional groups attached to an aromatic ring is 1. The van der Waals surface area contributed by atoms with Gasteiger partial charge in [-0.1, -0.05) is 18.2 Å². The maximum atomic E-state index is 10.7. The second-order valence-corrected chi connectivity index (χ2v) is 9.69. The van der Waals surface area contributed by atoms with Gasteiger partial charge < -0.3 is 31.5 Å². The summed E-state index contributed by atoms with van der Waals surface area (Å²) in [6, 6.07) is 17.6. The molecule has 12 nitrogen and oxygen atoms in total. The molecule has 0 spiro atoms. The number of aliphatic carboxylic acids is 2. The molecule has 41 heavy (non-hydrogen) atoms. The Hall–Kier alpha value is -4.81. The minimum absolute atomic E-state index is 0.134. The second-order valence-electron chi connectivity index (χ2n) is 9.69. The largest absolute Gasteiger partial charge is 0.478 e. The predicted molar refractivity (Wildman–Crippen MR) is 152 cm³/mol. The summed E-state index contributed by atoms with van der Waals surface area (Å²) in [7, 11) is 0. The zero-order valence-corrected chi connectivity index (χ0v) is 22.3. The lowest BCUT2D eigenvalue weighted by molar-refractivity contribution is -0.134. The van der Waals surface area contributed by atoms with Gasteiger partial charge in [0, 0.05) is 17.7 Å². The Morgan fingerprint density at radius 1 is 0.976 bits per heavy atom. The number of aliphatic hydroxyl groups is 1. The minimum atomic E-state index is -1.26. The van der Waals surface area contributed by atoms with E-state index >= 15 is 0 Å². The number of rotatable bonds is 8. The summed E-state index contributed by atoms with van der Waals surface area (Å²) < 4.78 is 7.87. The topological polar surface area (TPSA) is 200 Å². The molecule has 0 amide bonds. The van der Waals surface area contributed by atoms with E-state index < -0.39 is 17.5 Å². The molecule has 1 aliphatic rings. The highest BCUT2D eigenvalue weighted by atomic mass is 16.5. The van der Waals surface area contributed by atoms with Crippen LogP contribution in [0, 0.1) is 0 Å². The van der Waals surface area contributed by atoms with Crippen LogP contribution >= 0.6 is 0 Å². The molecule has 0 radical (unpaired) electrons. The summed E-state index contributed by atoms with van der Waals surface area (Å²) in [6.07, 6.45) is 6.21. The lowest BCUT2D eigenvalue weighted by Gasteiger charge is -2.36. The number of para-hydroxylation sites is 1. The summed E-state index contributed by atoms with van der Waals surface area (Å²) in [6.45, 7) is 0.490. The number of fused-ring (bicyclic) bond motifs is 1. The number of benzene rings is 2. The van der Waals surface area contributed by atoms with E-state index in [9.17, 15) is 14.7 Å². The molecule has 5 rings (SSSR count). The number of nitrogens with zero attached hydrogens (tertiary/aromatic N) is 4. The van der Waals surface area contributed by atoms with Gasteiger partial charge in [-0.15, -0.1) is 0 Å². The number of hydrogen-bond donors (Lipinski definition) is 5. The van der Waals surface area contributed by atoms with E-state index in [1.807, 2.05) is 59.3 Å². The summed E-state index contributed by atoms with van der Waals surface area (Å²) in [5.41, 5.74) is 13.7. The van der Waals surface area contributed by atoms with Gasteiger partial charge in [-0.2, -0.15) is 5.10 Å². The first-order chi connectivity index (χ1) is 19.7. The van der Waals surface area contributed by atoms with E-state index in [2.05, 4.69) is 9.97 Å². The van der Waals surface area contributed by atoms with Gasteiger partial charge in [0.05, 0.1) is 17.0 Å². The van der Waals surface area contributed by atoms with Crippen LogP contribution in [0.4, 0.5) is 5.82 Å². The normalized spacial score (nSPS) is 18.5. The Morgan fingerprint density at radius 3 is 2.17 bits per heavy atom. The zero-order valence-electron chi connectivity index (χ0n) is 22.3. The Bertz CT molecular complexity index is 1500. The van der Waals surface area contributed by atoms with E-state index in [0.717, 1.165) is 46.6 Å². The highest BCUT2D eigenvalue weighted by molar-refractivity contribution is 5.98. The molecule has 1 aliphatic carbocycles. The summed E-state index contributed by atoms with van der Waals surface area (Å²) in [4.78, 5) is 27.8. The molecule has 2 aromatic carbocycles. The van der Waals surface area contributed by atoms with Gasteiger partial charge in [0.15, 0.2) is 5.65 Å². The number of aromatic nitrogens is 4. The van der Waals surface area contributed by atoms with Crippen LogP contribution in [0.2, 0.25) is 0 Å². The van der Waals surface area contributed by atoms with Crippen LogP contribution in [0.1, 0.15) is 38.1 Å². The van der Waals surface area contributed by atoms with Crippen LogP contribution in [0.15, 0.2) is 73.1 Å². The molecule has 1 fully saturated rings. The van der Waals surface area contributed by atoms with Gasteiger partial charge in [0.25, 0.3) is 0 Å². The monoisotopic (exact) mass is 560 g/mol. The summed E-state index contributed by atoms with van der Waals surface area (Å²) >= 11 is 0. The third-order valence-corrected chi connectivity index (χ3v) is 6.83. The van der Waals surface area contributed by atoms with Crippen molar-refractivity contribution < 1.29 is 29.6 Å². The molecule has 2 aromatic heterocycles. The molecule has 0 unspecified atom stereocenters. The SMILES string of the molecule is NCC[C@]1(O)CC[C@@H](n2nc(-c3ccc(Oc4ccccc4)cc3)c3c(N)ncnc32)CC1.O=C(O)/C=C\C(=O)O. The number of nitrogens with two attached hydrogens (primary N) is 2. The molecule has 0 aliphatic heterocycles. The van der Waals surface area contributed by atoms with Crippen LogP contribution in [0.5, 0.6) is 11.5 Å². The summed E-state index contributed by atoms with van der Waals surface area (Å²) in [5, 5.41) is 32.1. The van der Waals surface area contributed by atoms with Crippen molar-refractivity contribution in [2.75, 3.05) is 12.3 Å². The maximum Gasteiger partial charge on any atom is 0.328 e. The Morgan fingerprint density at radius 2 is 1.59 bits per heavy atom. The minimum Gasteiger partial charge on any atom is -0.478 e. The van der Waals surface area contributed by atoms with E-state index in [1.54, 1.807) is 0 Å². The fraction of sp³-hybridized carbons (Fsp3) is 0.276. The molecular formula is C29H32N6O6. The van der Waals surface area contributed by atoms with Crippen LogP contribution in [-0.2, 0) is 9.59 Å². The summed E-state index contributed by atoms with van der Waals surface area (Å²) in [5.74, 6) is -0.588. The van der Waals surface area contributed by atoms with Gasteiger partial charge in [-0.05, 0) is 75.0 Å². The van der Waals surface area contributed by atoms with E-state index in [-0.39, 0.29) is 6.04 Å². The first kappa shape index (κ1) is 29.2. The molecule has 4 aromatic rings. The standard InChI is InChI=1S/C25H28N6O2.C4H4O4/c26-15-14-25(32)12-10-18(11-13-25)31-24-21(23(27)28-16-29-24)22(30-31)17-6-8-20(9-7-17)33-19-4-2-1-3-5-19;5-3(6)1-2-4(7)8/h1-9,16,18,32H,10-15,26H2,(H2,27,28,29);1-2H,(H,5,6)(H,7,8)/b;2-1-/t18-,25+;. The third kappa shape index (κ3) is 7.44. The van der Waals surface area contributed by atoms with Crippen molar-refractivity contribution in [2.45, 2.75) is 43.7 Å². The Kier molecular flexibility index (Phi) is 9.27. The van der Waals surface area contributed by atoms with Crippen molar-refractivity contribution in [3.63, 3.8) is 0 Å². The van der Waals surface area contributed by atoms with Crippen LogP contribution in [0.3, 0.4) is 0 Å². The molecule has 7 N–H and O–H groups in total. The van der Waals surface area contributed by atoms with Gasteiger partial charge in [-0.3, -0.25) is 0 Å². The van der Waals surface area contributed by atoms with Crippen molar-refractivity contribution in [3.8, 4) is 22.8 Å². The van der Waals surface area contributed by atoms with Crippen molar-refractivity contribution in [1.82, 2.24) is 19.7 Å². The average molecular weight is 561 g/mol. The number of ether oxygens (including phenoxy) is 1. The molecule has 12 heteroatoms. The quantitative estimate of drug-likeness (QED) is 0.196. The fourth-order valence-electron chi connectivity index (χ4n) is 4.80. The first-order valence-corrected chi connectivity index (χ1v) is 13.1. The fourth-order valence-corrected chi connectivity index (χ4v) is 4.80. The molecule has 0 atom stereocenters. The van der Waals surface area contributed by atoms with Crippen molar-refractivity contribution in [1.29, 1.82) is 0 Å². The number of carbonyl (C=O) groups is 2. The molecule has 214 valence electrons. The van der Waals surface area contributed by atoms with Gasteiger partial charge in [0.2, 0.25) is 0 Å². The first-order valence-electron chi connectivity index (χ1n) is 13.1. The zero-order chi connectivity index (χ0) is 29.4. The van der Waals surface area contributed by atoms with E-state index in [0.29, 0.717) is 43.8 Å². The van der Waals surface area contributed by atoms with Crippen LogP contribution in [-0.4, -0.2) is 59.2 Å². The lowest BCUT2D eigenvalue weighted by atomic mass is 9.80. The smallest absolute Gasteiger partial charge is 0.328 e. The van der Waals surface area contributed by atoms with E-state index in [1.165, 1.54) is 6.33 Å². The van der Waals surface area contributed by atoms with Crippen LogP contribution < -0.4 is 16.2 Å². The number of carboxylic acid groups (broad SMARTS) is 2. The molecular weight excluding hydrogens is 528 g/mol. The van der Waals surface area contributed by atoms with Crippen molar-refractivity contribution in [3.05, 3.63) is 73.1 Å². The third-order valence-electron chi connectivity index (χ3n) is 6.83. The highest BCUT2D eigenvalue weighted by Gasteiger charge is 2.34. The van der Waals surface area contributed by atoms with Gasteiger partial charge in [-0.25, -0.2) is 24.2 Å². The van der Waals surface area contributed by atoms with Crippen molar-refractivity contribution in [2.24, 2.45) is 5.73 Å². The Labute approximate surface area is 235 Å². The molecule has 2 heterocycles. The maximum absolute atomic E-state index is 10.7. The predicted octanol–water partition coefficient (Wildman–Crippen LogP) is 3.77. The Balaban J connectivity index is 0.000000426. The number of anilines is 1. The molecule has 0 saturated heterocycles. The second kappa shape index (κ2) is 13.0.